The second-order valence-corrected chi connectivity index (χ2v) is 6.06. The molecule has 0 saturated heterocycles. The van der Waals surface area contributed by atoms with Crippen LogP contribution in [0.3, 0.4) is 0 Å². The SMILES string of the molecule is CC1C(c2ncco2)=NC(N)=CN1C1CCC(C(F)(F)F)CC1. The molecule has 1 saturated carbocycles. The van der Waals surface area contributed by atoms with Crippen LogP contribution in [-0.2, 0) is 0 Å². The molecule has 0 radical (unpaired) electrons. The molecule has 23 heavy (non-hydrogen) atoms. The highest BCUT2D eigenvalue weighted by molar-refractivity contribution is 6.01. The molecule has 1 aromatic heterocycles. The largest absolute Gasteiger partial charge is 0.444 e. The van der Waals surface area contributed by atoms with Crippen molar-refractivity contribution in [3.8, 4) is 0 Å². The zero-order chi connectivity index (χ0) is 16.6. The Balaban J connectivity index is 1.73. The molecule has 1 fully saturated rings. The van der Waals surface area contributed by atoms with E-state index in [1.165, 1.54) is 12.5 Å². The molecule has 0 amide bonds. The average Bonchev–Trinajstić information content (AvgIpc) is 3.02. The van der Waals surface area contributed by atoms with Gasteiger partial charge in [-0.2, -0.15) is 13.2 Å². The van der Waals surface area contributed by atoms with Gasteiger partial charge < -0.3 is 15.1 Å². The Kier molecular flexibility index (Phi) is 4.08. The van der Waals surface area contributed by atoms with Crippen molar-refractivity contribution < 1.29 is 17.6 Å². The quantitative estimate of drug-likeness (QED) is 0.906. The lowest BCUT2D eigenvalue weighted by atomic mass is 9.84. The smallest absolute Gasteiger partial charge is 0.391 e. The highest BCUT2D eigenvalue weighted by Gasteiger charge is 2.43. The molecular weight excluding hydrogens is 309 g/mol. The van der Waals surface area contributed by atoms with Crippen molar-refractivity contribution in [1.29, 1.82) is 0 Å². The van der Waals surface area contributed by atoms with E-state index in [4.69, 9.17) is 10.2 Å². The number of oxazole rings is 1. The fraction of sp³-hybridized carbons (Fsp3) is 0.600. The van der Waals surface area contributed by atoms with E-state index in [9.17, 15) is 13.2 Å². The van der Waals surface area contributed by atoms with Gasteiger partial charge in [-0.1, -0.05) is 0 Å². The second kappa shape index (κ2) is 5.90. The van der Waals surface area contributed by atoms with Gasteiger partial charge in [0.15, 0.2) is 0 Å². The van der Waals surface area contributed by atoms with Crippen LogP contribution >= 0.6 is 0 Å². The molecule has 3 rings (SSSR count). The average molecular weight is 328 g/mol. The minimum Gasteiger partial charge on any atom is -0.444 e. The summed E-state index contributed by atoms with van der Waals surface area (Å²) in [5.41, 5.74) is 6.47. The van der Waals surface area contributed by atoms with E-state index in [2.05, 4.69) is 9.98 Å². The Morgan fingerprint density at radius 3 is 2.52 bits per heavy atom. The molecule has 5 nitrogen and oxygen atoms in total. The summed E-state index contributed by atoms with van der Waals surface area (Å²) in [6.07, 6.45) is 1.87. The lowest BCUT2D eigenvalue weighted by Crippen LogP contribution is -2.47. The van der Waals surface area contributed by atoms with Crippen molar-refractivity contribution in [3.05, 3.63) is 30.4 Å². The number of nitrogens with two attached hydrogens (primary N) is 1. The van der Waals surface area contributed by atoms with Gasteiger partial charge in [0, 0.05) is 12.2 Å². The maximum absolute atomic E-state index is 12.8. The molecule has 1 atom stereocenters. The van der Waals surface area contributed by atoms with Gasteiger partial charge in [0.05, 0.1) is 18.2 Å². The molecule has 8 heteroatoms. The molecule has 2 aliphatic rings. The van der Waals surface area contributed by atoms with E-state index in [1.54, 1.807) is 6.20 Å². The molecule has 0 bridgehead atoms. The van der Waals surface area contributed by atoms with E-state index in [-0.39, 0.29) is 24.9 Å². The fourth-order valence-electron chi connectivity index (χ4n) is 3.37. The van der Waals surface area contributed by atoms with Gasteiger partial charge in [0.1, 0.15) is 17.8 Å². The summed E-state index contributed by atoms with van der Waals surface area (Å²) >= 11 is 0. The Morgan fingerprint density at radius 1 is 1.26 bits per heavy atom. The highest BCUT2D eigenvalue weighted by atomic mass is 19.4. The van der Waals surface area contributed by atoms with Crippen LogP contribution in [0, 0.1) is 5.92 Å². The van der Waals surface area contributed by atoms with Crippen LogP contribution in [0.25, 0.3) is 0 Å². The maximum Gasteiger partial charge on any atom is 0.391 e. The Hall–Kier alpha value is -1.99. The van der Waals surface area contributed by atoms with Crippen molar-refractivity contribution in [1.82, 2.24) is 9.88 Å². The van der Waals surface area contributed by atoms with E-state index < -0.39 is 12.1 Å². The molecule has 2 heterocycles. The molecule has 1 unspecified atom stereocenters. The summed E-state index contributed by atoms with van der Waals surface area (Å²) in [6, 6.07) is -0.129. The number of hydrogen-bond donors (Lipinski definition) is 1. The van der Waals surface area contributed by atoms with Crippen LogP contribution < -0.4 is 5.73 Å². The van der Waals surface area contributed by atoms with Gasteiger partial charge in [-0.25, -0.2) is 9.98 Å². The third-order valence-corrected chi connectivity index (χ3v) is 4.61. The van der Waals surface area contributed by atoms with Gasteiger partial charge in [-0.3, -0.25) is 0 Å². The summed E-state index contributed by atoms with van der Waals surface area (Å²) in [7, 11) is 0. The monoisotopic (exact) mass is 328 g/mol. The third kappa shape index (κ3) is 3.20. The lowest BCUT2D eigenvalue weighted by molar-refractivity contribution is -0.184. The van der Waals surface area contributed by atoms with Gasteiger partial charge in [-0.15, -0.1) is 0 Å². The van der Waals surface area contributed by atoms with Crippen LogP contribution in [0.1, 0.15) is 38.5 Å². The lowest BCUT2D eigenvalue weighted by Gasteiger charge is -2.41. The van der Waals surface area contributed by atoms with Crippen molar-refractivity contribution in [2.24, 2.45) is 16.6 Å². The van der Waals surface area contributed by atoms with Gasteiger partial charge in [0.2, 0.25) is 5.89 Å². The number of aliphatic imine (C=N–C) groups is 1. The molecule has 1 aliphatic carbocycles. The molecular formula is C15H19F3N4O. The molecule has 1 aromatic rings. The predicted octanol–water partition coefficient (Wildman–Crippen LogP) is 3.05. The first-order valence-corrected chi connectivity index (χ1v) is 7.66. The molecule has 1 aliphatic heterocycles. The first kappa shape index (κ1) is 15.9. The van der Waals surface area contributed by atoms with Crippen LogP contribution in [0.15, 0.2) is 33.9 Å². The van der Waals surface area contributed by atoms with Gasteiger partial charge >= 0.3 is 6.18 Å². The Bertz CT molecular complexity index is 601. The van der Waals surface area contributed by atoms with Crippen molar-refractivity contribution in [2.75, 3.05) is 0 Å². The Labute approximate surface area is 132 Å². The van der Waals surface area contributed by atoms with Crippen LogP contribution in [-0.4, -0.2) is 33.9 Å². The number of alkyl halides is 3. The van der Waals surface area contributed by atoms with Gasteiger partial charge in [-0.05, 0) is 32.6 Å². The van der Waals surface area contributed by atoms with Crippen molar-refractivity contribution in [2.45, 2.75) is 50.9 Å². The topological polar surface area (TPSA) is 67.6 Å². The van der Waals surface area contributed by atoms with Gasteiger partial charge in [0.25, 0.3) is 0 Å². The number of aromatic nitrogens is 1. The predicted molar refractivity (Wildman–Crippen MR) is 78.4 cm³/mol. The standard InChI is InChI=1S/C15H19F3N4O/c1-9-13(14-20-6-7-23-14)21-12(19)8-22(9)11-4-2-10(3-5-11)15(16,17)18/h6-11H,2-5,19H2,1H3. The van der Waals surface area contributed by atoms with E-state index in [1.807, 2.05) is 11.8 Å². The molecule has 0 spiro atoms. The third-order valence-electron chi connectivity index (χ3n) is 4.61. The summed E-state index contributed by atoms with van der Waals surface area (Å²) in [4.78, 5) is 10.4. The van der Waals surface area contributed by atoms with E-state index in [0.717, 1.165) is 0 Å². The summed E-state index contributed by atoms with van der Waals surface area (Å²) in [5.74, 6) is -0.489. The molecule has 0 aromatic carbocycles. The number of hydrogen-bond acceptors (Lipinski definition) is 5. The minimum absolute atomic E-state index is 0.0163. The first-order chi connectivity index (χ1) is 10.9. The highest BCUT2D eigenvalue weighted by Crippen LogP contribution is 2.39. The maximum atomic E-state index is 12.8. The summed E-state index contributed by atoms with van der Waals surface area (Å²) in [5, 5.41) is 0. The Morgan fingerprint density at radius 2 is 1.96 bits per heavy atom. The zero-order valence-electron chi connectivity index (χ0n) is 12.8. The number of halogens is 3. The normalized spacial score (nSPS) is 29.2. The molecule has 126 valence electrons. The zero-order valence-corrected chi connectivity index (χ0v) is 12.8. The molecule has 2 N–H and O–H groups in total. The van der Waals surface area contributed by atoms with Crippen LogP contribution in [0.5, 0.6) is 0 Å². The number of nitrogens with zero attached hydrogens (tertiary/aromatic N) is 3. The van der Waals surface area contributed by atoms with E-state index >= 15 is 0 Å². The van der Waals surface area contributed by atoms with Crippen LogP contribution in [0.4, 0.5) is 13.2 Å². The fourth-order valence-corrected chi connectivity index (χ4v) is 3.37. The first-order valence-electron chi connectivity index (χ1n) is 7.66. The van der Waals surface area contributed by atoms with E-state index in [0.29, 0.717) is 30.3 Å². The van der Waals surface area contributed by atoms with Crippen molar-refractivity contribution in [3.63, 3.8) is 0 Å². The summed E-state index contributed by atoms with van der Waals surface area (Å²) in [6.45, 7) is 1.93. The van der Waals surface area contributed by atoms with Crippen LogP contribution in [0.2, 0.25) is 0 Å². The summed E-state index contributed by atoms with van der Waals surface area (Å²) < 4.78 is 43.7. The second-order valence-electron chi connectivity index (χ2n) is 6.06. The number of rotatable bonds is 2. The van der Waals surface area contributed by atoms with Crippen molar-refractivity contribution >= 4 is 5.71 Å². The minimum atomic E-state index is -4.10.